The number of carbonyl (C=O) groups excluding carboxylic acids is 1. The van der Waals surface area contributed by atoms with E-state index in [2.05, 4.69) is 0 Å². The van der Waals surface area contributed by atoms with Crippen LogP contribution < -0.4 is 0 Å². The molecule has 0 aliphatic carbocycles. The molecule has 4 nitrogen and oxygen atoms in total. The van der Waals surface area contributed by atoms with Crippen molar-refractivity contribution in [2.24, 2.45) is 0 Å². The largest absolute Gasteiger partial charge is 0.477 e. The Morgan fingerprint density at radius 2 is 1.63 bits per heavy atom. The van der Waals surface area contributed by atoms with Crippen LogP contribution in [0.1, 0.15) is 38.9 Å². The van der Waals surface area contributed by atoms with E-state index in [1.54, 1.807) is 10.8 Å². The lowest BCUT2D eigenvalue weighted by molar-refractivity contribution is 0.0688. The first-order valence-electron chi connectivity index (χ1n) is 5.94. The number of carboxylic acids is 1. The summed E-state index contributed by atoms with van der Waals surface area (Å²) in [6, 6.07) is 7.20. The number of hydrogen-bond donors (Lipinski definition) is 1. The summed E-state index contributed by atoms with van der Waals surface area (Å²) >= 11 is 0. The fraction of sp³-hybridized carbons (Fsp3) is 0.200. The molecule has 0 saturated heterocycles. The van der Waals surface area contributed by atoms with Crippen LogP contribution in [0.2, 0.25) is 0 Å². The van der Waals surface area contributed by atoms with Crippen LogP contribution in [0.3, 0.4) is 0 Å². The summed E-state index contributed by atoms with van der Waals surface area (Å²) < 4.78 is 1.54. The number of ketones is 1. The highest BCUT2D eigenvalue weighted by Crippen LogP contribution is 2.19. The van der Waals surface area contributed by atoms with Gasteiger partial charge in [-0.25, -0.2) is 4.79 Å². The number of aryl methyl sites for hydroxylation is 2. The van der Waals surface area contributed by atoms with Crippen molar-refractivity contribution < 1.29 is 14.7 Å². The summed E-state index contributed by atoms with van der Waals surface area (Å²) in [5.74, 6) is -1.20. The normalized spacial score (nSPS) is 10.5. The van der Waals surface area contributed by atoms with Crippen LogP contribution in [0, 0.1) is 13.8 Å². The molecule has 0 unspecified atom stereocenters. The first-order valence-corrected chi connectivity index (χ1v) is 5.94. The lowest BCUT2D eigenvalue weighted by Gasteiger charge is -2.08. The first kappa shape index (κ1) is 13.1. The van der Waals surface area contributed by atoms with Gasteiger partial charge in [-0.3, -0.25) is 4.79 Å². The van der Waals surface area contributed by atoms with Crippen LogP contribution in [-0.2, 0) is 0 Å². The standard InChI is InChI=1S/C15H15NO3/c1-9-4-10(2)6-13(5-9)16-8-12(11(3)17)7-14(16)15(18)19/h4-8H,1-3H3,(H,18,19). The Balaban J connectivity index is 2.66. The predicted octanol–water partition coefficient (Wildman–Crippen LogP) is 2.99. The molecule has 1 aromatic heterocycles. The lowest BCUT2D eigenvalue weighted by atomic mass is 10.1. The van der Waals surface area contributed by atoms with Gasteiger partial charge in [0.05, 0.1) is 0 Å². The molecule has 0 atom stereocenters. The van der Waals surface area contributed by atoms with E-state index in [1.165, 1.54) is 13.0 Å². The van der Waals surface area contributed by atoms with Crippen molar-refractivity contribution in [3.05, 3.63) is 52.8 Å². The second-order valence-corrected chi connectivity index (χ2v) is 4.69. The van der Waals surface area contributed by atoms with Gasteiger partial charge in [-0.1, -0.05) is 6.07 Å². The average molecular weight is 257 g/mol. The van der Waals surface area contributed by atoms with Gasteiger partial charge in [-0.2, -0.15) is 0 Å². The van der Waals surface area contributed by atoms with Crippen molar-refractivity contribution in [1.29, 1.82) is 0 Å². The predicted molar refractivity (Wildman–Crippen MR) is 72.2 cm³/mol. The molecule has 1 heterocycles. The van der Waals surface area contributed by atoms with Gasteiger partial charge in [0.1, 0.15) is 5.69 Å². The Kier molecular flexibility index (Phi) is 3.25. The topological polar surface area (TPSA) is 59.3 Å². The molecule has 1 aromatic carbocycles. The number of Topliss-reactive ketones (excluding diaryl/α,β-unsaturated/α-hetero) is 1. The highest BCUT2D eigenvalue weighted by atomic mass is 16.4. The number of benzene rings is 1. The van der Waals surface area contributed by atoms with Gasteiger partial charge in [0.2, 0.25) is 0 Å². The van der Waals surface area contributed by atoms with E-state index < -0.39 is 5.97 Å². The van der Waals surface area contributed by atoms with Crippen LogP contribution in [0.15, 0.2) is 30.5 Å². The first-order chi connectivity index (χ1) is 8.88. The molecule has 0 fully saturated rings. The van der Waals surface area contributed by atoms with Crippen molar-refractivity contribution in [2.45, 2.75) is 20.8 Å². The number of carbonyl (C=O) groups is 2. The molecule has 0 aliphatic rings. The SMILES string of the molecule is CC(=O)c1cc(C(=O)O)n(-c2cc(C)cc(C)c2)c1. The maximum atomic E-state index is 11.4. The molecule has 4 heteroatoms. The summed E-state index contributed by atoms with van der Waals surface area (Å²) in [6.45, 7) is 5.32. The van der Waals surface area contributed by atoms with E-state index >= 15 is 0 Å². The second kappa shape index (κ2) is 4.72. The highest BCUT2D eigenvalue weighted by Gasteiger charge is 2.16. The van der Waals surface area contributed by atoms with E-state index in [9.17, 15) is 14.7 Å². The second-order valence-electron chi connectivity index (χ2n) is 4.69. The molecule has 2 aromatic rings. The number of nitrogens with zero attached hydrogens (tertiary/aromatic N) is 1. The number of hydrogen-bond acceptors (Lipinski definition) is 2. The van der Waals surface area contributed by atoms with Crippen molar-refractivity contribution in [3.63, 3.8) is 0 Å². The zero-order valence-corrected chi connectivity index (χ0v) is 11.1. The number of rotatable bonds is 3. The van der Waals surface area contributed by atoms with Crippen LogP contribution in [0.5, 0.6) is 0 Å². The Morgan fingerprint density at radius 1 is 1.05 bits per heavy atom. The van der Waals surface area contributed by atoms with E-state index in [1.807, 2.05) is 32.0 Å². The van der Waals surface area contributed by atoms with Crippen LogP contribution in [-0.4, -0.2) is 21.4 Å². The maximum absolute atomic E-state index is 11.4. The minimum atomic E-state index is -1.05. The molecular weight excluding hydrogens is 242 g/mol. The highest BCUT2D eigenvalue weighted by molar-refractivity contribution is 5.97. The zero-order chi connectivity index (χ0) is 14.2. The summed E-state index contributed by atoms with van der Waals surface area (Å²) in [6.07, 6.45) is 1.57. The van der Waals surface area contributed by atoms with Gasteiger partial charge in [0.15, 0.2) is 5.78 Å². The molecule has 19 heavy (non-hydrogen) atoms. The van der Waals surface area contributed by atoms with Crippen molar-refractivity contribution in [2.75, 3.05) is 0 Å². The maximum Gasteiger partial charge on any atom is 0.352 e. The molecule has 1 N–H and O–H groups in total. The Bertz CT molecular complexity index is 648. The minimum Gasteiger partial charge on any atom is -0.477 e. The third-order valence-electron chi connectivity index (χ3n) is 2.93. The van der Waals surface area contributed by atoms with Crippen molar-refractivity contribution >= 4 is 11.8 Å². The monoisotopic (exact) mass is 257 g/mol. The molecule has 0 aliphatic heterocycles. The van der Waals surface area contributed by atoms with Gasteiger partial charge < -0.3 is 9.67 Å². The Hall–Kier alpha value is -2.36. The van der Waals surface area contributed by atoms with Crippen LogP contribution in [0.4, 0.5) is 0 Å². The van der Waals surface area contributed by atoms with E-state index in [4.69, 9.17) is 0 Å². The summed E-state index contributed by atoms with van der Waals surface area (Å²) in [5.41, 5.74) is 3.34. The Labute approximate surface area is 111 Å². The van der Waals surface area contributed by atoms with Crippen molar-refractivity contribution in [1.82, 2.24) is 4.57 Å². The molecule has 98 valence electrons. The van der Waals surface area contributed by atoms with E-state index in [0.717, 1.165) is 16.8 Å². The smallest absolute Gasteiger partial charge is 0.352 e. The molecular formula is C15H15NO3. The van der Waals surface area contributed by atoms with E-state index in [-0.39, 0.29) is 11.5 Å². The third-order valence-corrected chi connectivity index (χ3v) is 2.93. The minimum absolute atomic E-state index is 0.0928. The molecule has 0 amide bonds. The molecule has 0 saturated carbocycles. The van der Waals surface area contributed by atoms with Gasteiger partial charge in [-0.05, 0) is 50.1 Å². The molecule has 0 radical (unpaired) electrons. The van der Waals surface area contributed by atoms with Crippen LogP contribution >= 0.6 is 0 Å². The summed E-state index contributed by atoms with van der Waals surface area (Å²) in [7, 11) is 0. The fourth-order valence-electron chi connectivity index (χ4n) is 2.12. The Morgan fingerprint density at radius 3 is 2.11 bits per heavy atom. The quantitative estimate of drug-likeness (QED) is 0.860. The summed E-state index contributed by atoms with van der Waals surface area (Å²) in [5, 5.41) is 9.23. The number of aromatic nitrogens is 1. The van der Waals surface area contributed by atoms with Gasteiger partial charge in [0, 0.05) is 17.4 Å². The summed E-state index contributed by atoms with van der Waals surface area (Å²) in [4.78, 5) is 22.7. The van der Waals surface area contributed by atoms with Gasteiger partial charge in [-0.15, -0.1) is 0 Å². The third kappa shape index (κ3) is 2.57. The lowest BCUT2D eigenvalue weighted by Crippen LogP contribution is -2.05. The van der Waals surface area contributed by atoms with Gasteiger partial charge >= 0.3 is 5.97 Å². The van der Waals surface area contributed by atoms with Gasteiger partial charge in [0.25, 0.3) is 0 Å². The fourth-order valence-corrected chi connectivity index (χ4v) is 2.12. The average Bonchev–Trinajstić information content (AvgIpc) is 2.72. The van der Waals surface area contributed by atoms with E-state index in [0.29, 0.717) is 5.56 Å². The van der Waals surface area contributed by atoms with Crippen molar-refractivity contribution in [3.8, 4) is 5.69 Å². The van der Waals surface area contributed by atoms with Crippen LogP contribution in [0.25, 0.3) is 5.69 Å². The number of aromatic carboxylic acids is 1. The molecule has 2 rings (SSSR count). The number of carboxylic acid groups (broad SMARTS) is 1. The molecule has 0 bridgehead atoms. The molecule has 0 spiro atoms. The zero-order valence-electron chi connectivity index (χ0n) is 11.1.